The van der Waals surface area contributed by atoms with Crippen LogP contribution in [0, 0.1) is 5.41 Å². The van der Waals surface area contributed by atoms with Gasteiger partial charge in [-0.15, -0.1) is 0 Å². The minimum atomic E-state index is -0.685. The molecule has 0 bridgehead atoms. The third-order valence-corrected chi connectivity index (χ3v) is 10.1. The number of nitrogens with zero attached hydrogens (tertiary/aromatic N) is 4. The summed E-state index contributed by atoms with van der Waals surface area (Å²) in [7, 11) is 3.98. The van der Waals surface area contributed by atoms with Crippen LogP contribution in [-0.4, -0.2) is 88.8 Å². The van der Waals surface area contributed by atoms with Crippen LogP contribution >= 0.6 is 0 Å². The number of pyridine rings is 2. The van der Waals surface area contributed by atoms with E-state index < -0.39 is 5.41 Å². The van der Waals surface area contributed by atoms with Crippen molar-refractivity contribution in [1.29, 1.82) is 0 Å². The number of carbonyl (C=O) groups excluding carboxylic acids is 3. The van der Waals surface area contributed by atoms with Crippen molar-refractivity contribution in [1.82, 2.24) is 25.1 Å². The Balaban J connectivity index is 0.000000343. The number of fused-ring (bicyclic) bond motifs is 3. The number of aliphatic hydroxyl groups is 1. The van der Waals surface area contributed by atoms with Crippen molar-refractivity contribution >= 4 is 35.8 Å². The van der Waals surface area contributed by atoms with E-state index in [2.05, 4.69) is 137 Å². The van der Waals surface area contributed by atoms with Crippen LogP contribution in [0.2, 0.25) is 0 Å². The third-order valence-electron chi connectivity index (χ3n) is 10.1. The molecule has 6 rings (SSSR count). The molecule has 3 aromatic rings. The number of aldehydes is 1. The maximum Gasteiger partial charge on any atom is 0.239 e. The first-order valence-corrected chi connectivity index (χ1v) is 21.1. The summed E-state index contributed by atoms with van der Waals surface area (Å²) in [5.74, 6) is 1.26. The van der Waals surface area contributed by atoms with Crippen molar-refractivity contribution in [2.45, 2.75) is 118 Å². The number of carbonyl (C=O) groups is 3. The van der Waals surface area contributed by atoms with Gasteiger partial charge >= 0.3 is 0 Å². The number of hydrogen-bond acceptors (Lipinski definition) is 8. The minimum absolute atomic E-state index is 0.0142. The summed E-state index contributed by atoms with van der Waals surface area (Å²) < 4.78 is 0. The SMILES string of the molecule is C=C(O)c1cnc2c(c1)C[C@@]1(C2)C(=O)Nc2ncc(/C=C/CN(C)CCC)cc21.C=CC=O.CC.CC(C)(C)C.CCCN1C(=O)C(NC)CC(c2ccccc2)C1C. The van der Waals surface area contributed by atoms with E-state index in [4.69, 9.17) is 4.79 Å². The number of aliphatic hydroxyl groups excluding tert-OH is 1. The van der Waals surface area contributed by atoms with Crippen molar-refractivity contribution in [3.8, 4) is 0 Å². The van der Waals surface area contributed by atoms with Crippen molar-refractivity contribution in [2.24, 2.45) is 5.41 Å². The number of anilines is 1. The fourth-order valence-corrected chi connectivity index (χ4v) is 7.34. The first-order valence-electron chi connectivity index (χ1n) is 21.1. The molecular formula is C49H72N6O4. The zero-order valence-corrected chi connectivity index (χ0v) is 37.8. The van der Waals surface area contributed by atoms with E-state index >= 15 is 0 Å². The number of likely N-dealkylation sites (tertiary alicyclic amines) is 1. The number of rotatable bonds is 11. The van der Waals surface area contributed by atoms with E-state index in [1.807, 2.05) is 37.9 Å². The molecule has 1 aliphatic carbocycles. The number of benzene rings is 1. The fourth-order valence-electron chi connectivity index (χ4n) is 7.34. The first-order chi connectivity index (χ1) is 28.0. The Hall–Kier alpha value is -4.93. The molecule has 1 fully saturated rings. The van der Waals surface area contributed by atoms with Crippen molar-refractivity contribution in [3.05, 3.63) is 114 Å². The second kappa shape index (κ2) is 24.2. The molecule has 322 valence electrons. The van der Waals surface area contributed by atoms with Gasteiger partial charge in [-0.1, -0.05) is 111 Å². The molecule has 3 N–H and O–H groups in total. The number of likely N-dealkylation sites (N-methyl/N-ethyl adjacent to an activating group) is 2. The first kappa shape index (κ1) is 50.2. The number of allylic oxidation sites excluding steroid dienone is 1. The Kier molecular flexibility index (Phi) is 20.6. The highest BCUT2D eigenvalue weighted by atomic mass is 16.3. The normalized spacial score (nSPS) is 20.1. The molecule has 2 aliphatic heterocycles. The number of nitrogens with one attached hydrogen (secondary N) is 2. The second-order valence-electron chi connectivity index (χ2n) is 16.7. The maximum atomic E-state index is 13.0. The van der Waals surface area contributed by atoms with Gasteiger partial charge in [0.2, 0.25) is 11.8 Å². The van der Waals surface area contributed by atoms with Crippen LogP contribution < -0.4 is 10.6 Å². The van der Waals surface area contributed by atoms with E-state index in [1.165, 1.54) is 11.6 Å². The fraction of sp³-hybridized carbons (Fsp3) is 0.490. The Labute approximate surface area is 355 Å². The molecule has 59 heavy (non-hydrogen) atoms. The summed E-state index contributed by atoms with van der Waals surface area (Å²) in [6.07, 6.45) is 13.5. The van der Waals surface area contributed by atoms with Gasteiger partial charge in [-0.2, -0.15) is 0 Å². The zero-order chi connectivity index (χ0) is 44.3. The minimum Gasteiger partial charge on any atom is -0.508 e. The Morgan fingerprint density at radius 1 is 1.07 bits per heavy atom. The molecule has 1 spiro atoms. The Bertz CT molecular complexity index is 1840. The van der Waals surface area contributed by atoms with Crippen LogP contribution in [0.5, 0.6) is 0 Å². The molecule has 3 unspecified atom stereocenters. The molecule has 2 aromatic heterocycles. The summed E-state index contributed by atoms with van der Waals surface area (Å²) in [4.78, 5) is 47.7. The van der Waals surface area contributed by atoms with E-state index in [1.54, 1.807) is 12.4 Å². The van der Waals surface area contributed by atoms with Gasteiger partial charge in [0.1, 0.15) is 17.9 Å². The molecule has 4 atom stereocenters. The van der Waals surface area contributed by atoms with Crippen molar-refractivity contribution in [3.63, 3.8) is 0 Å². The Morgan fingerprint density at radius 3 is 2.27 bits per heavy atom. The quantitative estimate of drug-likeness (QED) is 0.0995. The van der Waals surface area contributed by atoms with Crippen LogP contribution in [0.3, 0.4) is 0 Å². The molecule has 0 radical (unpaired) electrons. The van der Waals surface area contributed by atoms with Crippen LogP contribution in [0.1, 0.15) is 121 Å². The highest BCUT2D eigenvalue weighted by molar-refractivity contribution is 6.06. The largest absolute Gasteiger partial charge is 0.508 e. The molecule has 4 heterocycles. The second-order valence-corrected chi connectivity index (χ2v) is 16.7. The Morgan fingerprint density at radius 2 is 1.71 bits per heavy atom. The van der Waals surface area contributed by atoms with E-state index in [-0.39, 0.29) is 29.7 Å². The van der Waals surface area contributed by atoms with Crippen LogP contribution in [-0.2, 0) is 32.6 Å². The lowest BCUT2D eigenvalue weighted by atomic mass is 9.79. The molecule has 0 saturated carbocycles. The number of aromatic nitrogens is 2. The number of amides is 2. The van der Waals surface area contributed by atoms with Gasteiger partial charge in [-0.25, -0.2) is 4.98 Å². The number of hydrogen-bond donors (Lipinski definition) is 3. The van der Waals surface area contributed by atoms with Gasteiger partial charge in [0, 0.05) is 60.7 Å². The lowest BCUT2D eigenvalue weighted by Crippen LogP contribution is -2.56. The molecule has 1 saturated heterocycles. The summed E-state index contributed by atoms with van der Waals surface area (Å²) in [5, 5.41) is 15.8. The summed E-state index contributed by atoms with van der Waals surface area (Å²) >= 11 is 0. The predicted octanol–water partition coefficient (Wildman–Crippen LogP) is 9.19. The highest BCUT2D eigenvalue weighted by Gasteiger charge is 2.52. The predicted molar refractivity (Wildman–Crippen MR) is 246 cm³/mol. The lowest BCUT2D eigenvalue weighted by Gasteiger charge is -2.43. The molecule has 3 aliphatic rings. The molecule has 10 heteroatoms. The van der Waals surface area contributed by atoms with Gasteiger partial charge in [-0.05, 0) is 93.6 Å². The van der Waals surface area contributed by atoms with Gasteiger partial charge in [0.05, 0.1) is 11.5 Å². The van der Waals surface area contributed by atoms with Gasteiger partial charge in [0.25, 0.3) is 0 Å². The monoisotopic (exact) mass is 809 g/mol. The van der Waals surface area contributed by atoms with Gasteiger partial charge in [-0.3, -0.25) is 19.4 Å². The van der Waals surface area contributed by atoms with E-state index in [9.17, 15) is 14.7 Å². The zero-order valence-electron chi connectivity index (χ0n) is 37.8. The van der Waals surface area contributed by atoms with E-state index in [0.717, 1.165) is 61.3 Å². The topological polar surface area (TPSA) is 128 Å². The van der Waals surface area contributed by atoms with Gasteiger partial charge in [0.15, 0.2) is 0 Å². The molecule has 2 amide bonds. The highest BCUT2D eigenvalue weighted by Crippen LogP contribution is 2.46. The average molecular weight is 809 g/mol. The summed E-state index contributed by atoms with van der Waals surface area (Å²) in [6.45, 7) is 28.7. The standard InChI is InChI=1S/C23H26N4O2.C16H24N2O.C5H12.C3H4O.C2H6/c1-4-7-27(3)8-5-6-16-9-19-21(25-13-16)26-22(29)23(19)11-17-10-18(15(2)28)14-24-20(17)12-23;1-4-10-18-12(2)14(11-15(17-3)16(18)19)13-8-6-5-7-9-13;1-5(2,3)4;1-2-3-4;1-2/h5-6,9-10,13-14,28H,2,4,7-8,11-12H2,1,3H3,(H,25,26,29);5-9,12,14-15,17H,4,10-11H2,1-3H3;1-4H3;2-3H,1H2;1-2H3/b6-5+;;;;/t23-;;;;/m0..../s1. The summed E-state index contributed by atoms with van der Waals surface area (Å²) in [6, 6.07) is 14.7. The molecule has 10 nitrogen and oxygen atoms in total. The molecular weight excluding hydrogens is 737 g/mol. The average Bonchev–Trinajstić information content (AvgIpc) is 3.73. The number of piperidine rings is 1. The van der Waals surface area contributed by atoms with Crippen molar-refractivity contribution < 1.29 is 19.5 Å². The van der Waals surface area contributed by atoms with Crippen LogP contribution in [0.25, 0.3) is 11.8 Å². The van der Waals surface area contributed by atoms with Crippen LogP contribution in [0.15, 0.2) is 80.2 Å². The summed E-state index contributed by atoms with van der Waals surface area (Å²) in [5.41, 5.74) is 5.51. The molecule has 1 aromatic carbocycles. The van der Waals surface area contributed by atoms with Gasteiger partial charge < -0.3 is 25.5 Å². The third kappa shape index (κ3) is 14.4. The smallest absolute Gasteiger partial charge is 0.239 e. The maximum absolute atomic E-state index is 13.0. The lowest BCUT2D eigenvalue weighted by molar-refractivity contribution is -0.139. The van der Waals surface area contributed by atoms with Crippen molar-refractivity contribution in [2.75, 3.05) is 39.0 Å². The van der Waals surface area contributed by atoms with E-state index in [0.29, 0.717) is 41.8 Å². The van der Waals surface area contributed by atoms with Crippen LogP contribution in [0.4, 0.5) is 5.82 Å².